The smallest absolute Gasteiger partial charge is 0.410 e. The van der Waals surface area contributed by atoms with E-state index in [2.05, 4.69) is 10.6 Å². The Kier molecular flexibility index (Phi) is 7.25. The van der Waals surface area contributed by atoms with E-state index in [0.29, 0.717) is 6.42 Å². The fourth-order valence-electron chi connectivity index (χ4n) is 2.48. The molecular weight excluding hydrogens is 342 g/mol. The minimum Gasteiger partial charge on any atom is -0.444 e. The van der Waals surface area contributed by atoms with Gasteiger partial charge in [-0.1, -0.05) is 0 Å². The number of nitrogens with one attached hydrogen (secondary N) is 2. The van der Waals surface area contributed by atoms with E-state index in [4.69, 9.17) is 9.47 Å². The SMILES string of the molecule is CC(C)(C)OC(=O)NCC(=O)N[C@@H]1C[C@@H](CO)N(C(=O)OC(C)(C)C)C1. The molecule has 1 aliphatic rings. The van der Waals surface area contributed by atoms with Gasteiger partial charge in [0.2, 0.25) is 5.91 Å². The van der Waals surface area contributed by atoms with E-state index in [9.17, 15) is 19.5 Å². The molecule has 0 saturated carbocycles. The topological polar surface area (TPSA) is 117 Å². The molecule has 0 spiro atoms. The van der Waals surface area contributed by atoms with Crippen molar-refractivity contribution in [1.82, 2.24) is 15.5 Å². The minimum atomic E-state index is -0.678. The van der Waals surface area contributed by atoms with Crippen molar-refractivity contribution in [1.29, 1.82) is 0 Å². The molecule has 1 rings (SSSR count). The van der Waals surface area contributed by atoms with E-state index in [1.807, 2.05) is 0 Å². The Morgan fingerprint density at radius 2 is 1.65 bits per heavy atom. The normalized spacial score (nSPS) is 20.5. The van der Waals surface area contributed by atoms with Gasteiger partial charge in [0.15, 0.2) is 0 Å². The Morgan fingerprint density at radius 3 is 2.15 bits per heavy atom. The van der Waals surface area contributed by atoms with E-state index >= 15 is 0 Å². The van der Waals surface area contributed by atoms with E-state index in [0.717, 1.165) is 0 Å². The minimum absolute atomic E-state index is 0.220. The largest absolute Gasteiger partial charge is 0.444 e. The second kappa shape index (κ2) is 8.57. The lowest BCUT2D eigenvalue weighted by atomic mass is 10.2. The van der Waals surface area contributed by atoms with Crippen molar-refractivity contribution in [3.8, 4) is 0 Å². The van der Waals surface area contributed by atoms with Gasteiger partial charge >= 0.3 is 12.2 Å². The lowest BCUT2D eigenvalue weighted by Gasteiger charge is -2.27. The molecule has 9 heteroatoms. The fraction of sp³-hybridized carbons (Fsp3) is 0.824. The van der Waals surface area contributed by atoms with Gasteiger partial charge in [-0.25, -0.2) is 9.59 Å². The molecule has 1 heterocycles. The fourth-order valence-corrected chi connectivity index (χ4v) is 2.48. The maximum atomic E-state index is 12.2. The van der Waals surface area contributed by atoms with Crippen molar-refractivity contribution < 1.29 is 29.0 Å². The van der Waals surface area contributed by atoms with E-state index in [1.165, 1.54) is 4.90 Å². The molecule has 0 radical (unpaired) electrons. The standard InChI is InChI=1S/C17H31N3O6/c1-16(2,3)25-14(23)18-8-13(22)19-11-7-12(10-21)20(9-11)15(24)26-17(4,5)6/h11-12,21H,7-10H2,1-6H3,(H,18,23)(H,19,22)/t11-,12+/m1/s1. The highest BCUT2D eigenvalue weighted by Crippen LogP contribution is 2.21. The number of nitrogens with zero attached hydrogens (tertiary/aromatic N) is 1. The number of carbonyl (C=O) groups is 3. The van der Waals surface area contributed by atoms with Crippen molar-refractivity contribution in [3.63, 3.8) is 0 Å². The number of ether oxygens (including phenoxy) is 2. The molecule has 0 unspecified atom stereocenters. The van der Waals surface area contributed by atoms with Crippen LogP contribution in [0.3, 0.4) is 0 Å². The number of likely N-dealkylation sites (tertiary alicyclic amines) is 1. The van der Waals surface area contributed by atoms with E-state index in [1.54, 1.807) is 41.5 Å². The van der Waals surface area contributed by atoms with Crippen LogP contribution in [-0.2, 0) is 14.3 Å². The van der Waals surface area contributed by atoms with Crippen LogP contribution in [0, 0.1) is 0 Å². The molecule has 150 valence electrons. The first-order chi connectivity index (χ1) is 11.8. The molecule has 0 aromatic heterocycles. The van der Waals surface area contributed by atoms with Crippen molar-refractivity contribution in [3.05, 3.63) is 0 Å². The predicted octanol–water partition coefficient (Wildman–Crippen LogP) is 0.998. The number of rotatable bonds is 4. The summed E-state index contributed by atoms with van der Waals surface area (Å²) in [6.07, 6.45) is -0.795. The van der Waals surface area contributed by atoms with Crippen molar-refractivity contribution in [2.45, 2.75) is 71.2 Å². The van der Waals surface area contributed by atoms with E-state index in [-0.39, 0.29) is 25.7 Å². The van der Waals surface area contributed by atoms with Crippen LogP contribution in [0.4, 0.5) is 9.59 Å². The average molecular weight is 373 g/mol. The van der Waals surface area contributed by atoms with Crippen LogP contribution in [-0.4, -0.2) is 71.1 Å². The van der Waals surface area contributed by atoms with Crippen LogP contribution in [0.1, 0.15) is 48.0 Å². The molecule has 0 aromatic rings. The first-order valence-corrected chi connectivity index (χ1v) is 8.67. The van der Waals surface area contributed by atoms with Gasteiger partial charge in [0.05, 0.1) is 12.6 Å². The summed E-state index contributed by atoms with van der Waals surface area (Å²) in [6, 6.07) is -0.749. The number of amides is 3. The first kappa shape index (κ1) is 22.0. The molecule has 0 aliphatic carbocycles. The molecule has 3 amide bonds. The van der Waals surface area contributed by atoms with Gasteiger partial charge < -0.3 is 30.1 Å². The summed E-state index contributed by atoms with van der Waals surface area (Å²) in [5, 5.41) is 14.6. The summed E-state index contributed by atoms with van der Waals surface area (Å²) in [5.41, 5.74) is -1.29. The molecule has 0 aromatic carbocycles. The number of aliphatic hydroxyl groups excluding tert-OH is 1. The zero-order chi connectivity index (χ0) is 20.1. The molecule has 26 heavy (non-hydrogen) atoms. The van der Waals surface area contributed by atoms with Crippen LogP contribution in [0.15, 0.2) is 0 Å². The number of aliphatic hydroxyl groups is 1. The number of carbonyl (C=O) groups excluding carboxylic acids is 3. The number of alkyl carbamates (subject to hydrolysis) is 1. The van der Waals surface area contributed by atoms with Crippen LogP contribution in [0.2, 0.25) is 0 Å². The van der Waals surface area contributed by atoms with Crippen molar-refractivity contribution in [2.75, 3.05) is 19.7 Å². The van der Waals surface area contributed by atoms with Crippen LogP contribution in [0.5, 0.6) is 0 Å². The van der Waals surface area contributed by atoms with Gasteiger partial charge in [0.25, 0.3) is 0 Å². The van der Waals surface area contributed by atoms with Gasteiger partial charge in [-0.2, -0.15) is 0 Å². The summed E-state index contributed by atoms with van der Waals surface area (Å²) in [5.74, 6) is -0.399. The van der Waals surface area contributed by atoms with Gasteiger partial charge in [-0.05, 0) is 48.0 Å². The maximum Gasteiger partial charge on any atom is 0.410 e. The summed E-state index contributed by atoms with van der Waals surface area (Å²) >= 11 is 0. The van der Waals surface area contributed by atoms with Crippen LogP contribution < -0.4 is 10.6 Å². The van der Waals surface area contributed by atoms with Gasteiger partial charge in [-0.15, -0.1) is 0 Å². The molecular formula is C17H31N3O6. The third-order valence-corrected chi connectivity index (χ3v) is 3.41. The summed E-state index contributed by atoms with van der Waals surface area (Å²) in [6.45, 7) is 10.2. The number of hydrogen-bond acceptors (Lipinski definition) is 6. The van der Waals surface area contributed by atoms with Crippen LogP contribution in [0.25, 0.3) is 0 Å². The monoisotopic (exact) mass is 373 g/mol. The van der Waals surface area contributed by atoms with Gasteiger partial charge in [0.1, 0.15) is 17.7 Å². The second-order valence-corrected chi connectivity index (χ2v) is 8.32. The highest BCUT2D eigenvalue weighted by atomic mass is 16.6. The lowest BCUT2D eigenvalue weighted by molar-refractivity contribution is -0.120. The average Bonchev–Trinajstić information content (AvgIpc) is 2.84. The third kappa shape index (κ3) is 7.90. The second-order valence-electron chi connectivity index (χ2n) is 8.32. The van der Waals surface area contributed by atoms with Gasteiger partial charge in [-0.3, -0.25) is 4.79 Å². The Labute approximate surface area is 154 Å². The Bertz CT molecular complexity index is 524. The summed E-state index contributed by atoms with van der Waals surface area (Å²) in [4.78, 5) is 37.2. The molecule has 1 aliphatic heterocycles. The molecule has 1 fully saturated rings. The molecule has 3 N–H and O–H groups in total. The molecule has 0 bridgehead atoms. The highest BCUT2D eigenvalue weighted by Gasteiger charge is 2.37. The Hall–Kier alpha value is -2.03. The first-order valence-electron chi connectivity index (χ1n) is 8.67. The molecule has 9 nitrogen and oxygen atoms in total. The summed E-state index contributed by atoms with van der Waals surface area (Å²) < 4.78 is 10.4. The molecule has 1 saturated heterocycles. The Balaban J connectivity index is 2.49. The third-order valence-electron chi connectivity index (χ3n) is 3.41. The zero-order valence-electron chi connectivity index (χ0n) is 16.4. The van der Waals surface area contributed by atoms with Gasteiger partial charge in [0, 0.05) is 12.6 Å². The predicted molar refractivity (Wildman–Crippen MR) is 94.6 cm³/mol. The van der Waals surface area contributed by atoms with Crippen molar-refractivity contribution in [2.24, 2.45) is 0 Å². The maximum absolute atomic E-state index is 12.2. The zero-order valence-corrected chi connectivity index (χ0v) is 16.4. The highest BCUT2D eigenvalue weighted by molar-refractivity contribution is 5.82. The van der Waals surface area contributed by atoms with E-state index < -0.39 is 35.3 Å². The van der Waals surface area contributed by atoms with Crippen LogP contribution >= 0.6 is 0 Å². The quantitative estimate of drug-likeness (QED) is 0.677. The number of hydrogen-bond donors (Lipinski definition) is 3. The molecule has 2 atom stereocenters. The lowest BCUT2D eigenvalue weighted by Crippen LogP contribution is -2.45. The Morgan fingerprint density at radius 1 is 1.08 bits per heavy atom. The van der Waals surface area contributed by atoms with Crippen molar-refractivity contribution >= 4 is 18.1 Å². The summed E-state index contributed by atoms with van der Waals surface area (Å²) in [7, 11) is 0.